The number of nitrogens with zero attached hydrogens (tertiary/aromatic N) is 2. The van der Waals surface area contributed by atoms with Gasteiger partial charge in [-0.3, -0.25) is 0 Å². The van der Waals surface area contributed by atoms with Crippen LogP contribution >= 0.6 is 31.9 Å². The van der Waals surface area contributed by atoms with E-state index in [2.05, 4.69) is 42.0 Å². The normalized spacial score (nSPS) is 14.4. The molecule has 1 aromatic carbocycles. The predicted molar refractivity (Wildman–Crippen MR) is 87.8 cm³/mol. The highest BCUT2D eigenvalue weighted by Gasteiger charge is 2.29. The van der Waals surface area contributed by atoms with Crippen molar-refractivity contribution < 1.29 is 9.26 Å². The van der Waals surface area contributed by atoms with Crippen LogP contribution in [0.5, 0.6) is 0 Å². The summed E-state index contributed by atoms with van der Waals surface area (Å²) >= 11 is 6.90. The first-order valence-corrected chi connectivity index (χ1v) is 8.08. The first-order valence-electron chi connectivity index (χ1n) is 6.49. The van der Waals surface area contributed by atoms with Gasteiger partial charge in [0.15, 0.2) is 5.82 Å². The van der Waals surface area contributed by atoms with E-state index in [1.54, 1.807) is 0 Å². The summed E-state index contributed by atoms with van der Waals surface area (Å²) in [5.41, 5.74) is 6.22. The van der Waals surface area contributed by atoms with Gasteiger partial charge in [-0.1, -0.05) is 21.1 Å². The van der Waals surface area contributed by atoms with Crippen molar-refractivity contribution >= 4 is 31.9 Å². The molecule has 0 aliphatic heterocycles. The molecule has 114 valence electrons. The van der Waals surface area contributed by atoms with Gasteiger partial charge in [-0.15, -0.1) is 0 Å². The number of aromatic nitrogens is 2. The summed E-state index contributed by atoms with van der Waals surface area (Å²) in [4.78, 5) is 4.40. The van der Waals surface area contributed by atoms with Crippen LogP contribution in [0.2, 0.25) is 0 Å². The number of ether oxygens (including phenoxy) is 1. The van der Waals surface area contributed by atoms with Crippen molar-refractivity contribution in [3.8, 4) is 11.5 Å². The molecule has 0 amide bonds. The van der Waals surface area contributed by atoms with Crippen LogP contribution in [0.25, 0.3) is 11.5 Å². The Morgan fingerprint density at radius 3 is 2.76 bits per heavy atom. The lowest BCUT2D eigenvalue weighted by atomic mass is 10.1. The number of rotatable bonds is 5. The van der Waals surface area contributed by atoms with Gasteiger partial charge < -0.3 is 15.0 Å². The highest BCUT2D eigenvalue weighted by Crippen LogP contribution is 2.30. The van der Waals surface area contributed by atoms with Crippen LogP contribution in [0.3, 0.4) is 0 Å². The molecule has 0 spiro atoms. The van der Waals surface area contributed by atoms with Gasteiger partial charge in [0.25, 0.3) is 5.89 Å². The molecule has 2 N–H and O–H groups in total. The summed E-state index contributed by atoms with van der Waals surface area (Å²) in [6.07, 6.45) is 0.0958. The SMILES string of the molecule is CC(C)OCC(C)(N)c1noc(-c2cc(Br)ccc2Br)n1. The Labute approximate surface area is 140 Å². The minimum absolute atomic E-state index is 0.0958. The second-order valence-electron chi connectivity index (χ2n) is 5.32. The lowest BCUT2D eigenvalue weighted by Gasteiger charge is -2.21. The Bertz CT molecular complexity index is 626. The average Bonchev–Trinajstić information content (AvgIpc) is 2.90. The van der Waals surface area contributed by atoms with E-state index < -0.39 is 5.54 Å². The van der Waals surface area contributed by atoms with E-state index in [0.29, 0.717) is 18.3 Å². The number of hydrogen-bond donors (Lipinski definition) is 1. The lowest BCUT2D eigenvalue weighted by Crippen LogP contribution is -2.40. The van der Waals surface area contributed by atoms with E-state index in [1.165, 1.54) is 0 Å². The molecule has 7 heteroatoms. The molecule has 1 atom stereocenters. The number of nitrogens with two attached hydrogens (primary N) is 1. The van der Waals surface area contributed by atoms with Gasteiger partial charge in [-0.05, 0) is 54.9 Å². The molecule has 5 nitrogen and oxygen atoms in total. The van der Waals surface area contributed by atoms with Crippen molar-refractivity contribution in [2.75, 3.05) is 6.61 Å². The van der Waals surface area contributed by atoms with Crippen LogP contribution in [-0.4, -0.2) is 22.9 Å². The third-order valence-electron chi connectivity index (χ3n) is 2.81. The van der Waals surface area contributed by atoms with E-state index in [4.69, 9.17) is 15.0 Å². The van der Waals surface area contributed by atoms with Gasteiger partial charge in [0.1, 0.15) is 5.54 Å². The van der Waals surface area contributed by atoms with Crippen molar-refractivity contribution in [3.63, 3.8) is 0 Å². The van der Waals surface area contributed by atoms with Gasteiger partial charge in [0.05, 0.1) is 18.3 Å². The molecule has 0 aliphatic rings. The molecule has 1 heterocycles. The fraction of sp³-hybridized carbons (Fsp3) is 0.429. The highest BCUT2D eigenvalue weighted by molar-refractivity contribution is 9.11. The molecular weight excluding hydrogens is 402 g/mol. The standard InChI is InChI=1S/C14H17Br2N3O2/c1-8(2)20-7-14(3,17)13-18-12(21-19-13)10-6-9(15)4-5-11(10)16/h4-6,8H,7,17H2,1-3H3. The van der Waals surface area contributed by atoms with Crippen molar-refractivity contribution in [3.05, 3.63) is 33.0 Å². The van der Waals surface area contributed by atoms with Gasteiger partial charge in [-0.25, -0.2) is 0 Å². The van der Waals surface area contributed by atoms with Crippen LogP contribution < -0.4 is 5.73 Å². The second-order valence-corrected chi connectivity index (χ2v) is 7.09. The van der Waals surface area contributed by atoms with Crippen molar-refractivity contribution in [2.24, 2.45) is 5.73 Å². The summed E-state index contributed by atoms with van der Waals surface area (Å²) in [5, 5.41) is 3.99. The minimum atomic E-state index is -0.801. The van der Waals surface area contributed by atoms with Crippen molar-refractivity contribution in [2.45, 2.75) is 32.4 Å². The molecule has 0 fully saturated rings. The first-order chi connectivity index (χ1) is 9.79. The second kappa shape index (κ2) is 6.56. The number of benzene rings is 1. The first kappa shape index (κ1) is 16.6. The van der Waals surface area contributed by atoms with Gasteiger partial charge in [-0.2, -0.15) is 4.98 Å². The minimum Gasteiger partial charge on any atom is -0.376 e. The molecule has 0 bridgehead atoms. The molecule has 2 rings (SSSR count). The summed E-state index contributed by atoms with van der Waals surface area (Å²) in [6.45, 7) is 6.05. The zero-order valence-electron chi connectivity index (χ0n) is 12.1. The fourth-order valence-electron chi connectivity index (χ4n) is 1.63. The maximum atomic E-state index is 6.21. The van der Waals surface area contributed by atoms with Gasteiger partial charge >= 0.3 is 0 Å². The smallest absolute Gasteiger partial charge is 0.259 e. The molecule has 0 saturated carbocycles. The maximum Gasteiger partial charge on any atom is 0.259 e. The molecular formula is C14H17Br2N3O2. The summed E-state index contributed by atoms with van der Waals surface area (Å²) in [7, 11) is 0. The lowest BCUT2D eigenvalue weighted by molar-refractivity contribution is 0.0410. The Kier molecular flexibility index (Phi) is 5.19. The molecule has 2 aromatic rings. The number of hydrogen-bond acceptors (Lipinski definition) is 5. The van der Waals surface area contributed by atoms with Crippen molar-refractivity contribution in [1.82, 2.24) is 10.1 Å². The molecule has 21 heavy (non-hydrogen) atoms. The van der Waals surface area contributed by atoms with E-state index in [9.17, 15) is 0 Å². The fourth-order valence-corrected chi connectivity index (χ4v) is 2.41. The summed E-state index contributed by atoms with van der Waals surface area (Å²) in [5.74, 6) is 0.837. The number of halogens is 2. The van der Waals surface area contributed by atoms with Gasteiger partial charge in [0, 0.05) is 8.95 Å². The largest absolute Gasteiger partial charge is 0.376 e. The molecule has 0 saturated heterocycles. The third-order valence-corrected chi connectivity index (χ3v) is 4.00. The van der Waals surface area contributed by atoms with Crippen LogP contribution in [-0.2, 0) is 10.3 Å². The van der Waals surface area contributed by atoms with E-state index in [1.807, 2.05) is 39.0 Å². The predicted octanol–water partition coefficient (Wildman–Crippen LogP) is 3.86. The van der Waals surface area contributed by atoms with E-state index in [0.717, 1.165) is 14.5 Å². The average molecular weight is 419 g/mol. The van der Waals surface area contributed by atoms with E-state index >= 15 is 0 Å². The summed E-state index contributed by atoms with van der Waals surface area (Å²) < 4.78 is 12.7. The Morgan fingerprint density at radius 1 is 1.38 bits per heavy atom. The Morgan fingerprint density at radius 2 is 2.10 bits per heavy atom. The zero-order chi connectivity index (χ0) is 15.6. The molecule has 1 unspecified atom stereocenters. The van der Waals surface area contributed by atoms with Gasteiger partial charge in [0.2, 0.25) is 0 Å². The van der Waals surface area contributed by atoms with E-state index in [-0.39, 0.29) is 6.10 Å². The van der Waals surface area contributed by atoms with Crippen LogP contribution in [0.1, 0.15) is 26.6 Å². The maximum absolute atomic E-state index is 6.21. The molecule has 1 aromatic heterocycles. The quantitative estimate of drug-likeness (QED) is 0.797. The molecule has 0 aliphatic carbocycles. The zero-order valence-corrected chi connectivity index (χ0v) is 15.2. The summed E-state index contributed by atoms with van der Waals surface area (Å²) in [6, 6.07) is 5.74. The third kappa shape index (κ3) is 4.12. The Balaban J connectivity index is 2.27. The van der Waals surface area contributed by atoms with Crippen LogP contribution in [0.4, 0.5) is 0 Å². The van der Waals surface area contributed by atoms with Crippen LogP contribution in [0.15, 0.2) is 31.7 Å². The van der Waals surface area contributed by atoms with Crippen LogP contribution in [0, 0.1) is 0 Å². The van der Waals surface area contributed by atoms with Crippen molar-refractivity contribution in [1.29, 1.82) is 0 Å². The highest BCUT2D eigenvalue weighted by atomic mass is 79.9. The topological polar surface area (TPSA) is 74.2 Å². The Hall–Kier alpha value is -0.760. The monoisotopic (exact) mass is 417 g/mol. The molecule has 0 radical (unpaired) electrons.